The standard InChI is InChI=1S/C26H30N2O4/c1-17(2)15-31-13-11-27-21-9-10-22(28-12-14-32-16-18(3)4)24-23(21)25(29)19-7-5-6-8-20(19)26(24)30/h5-10,27-28H,1,3,11-16H2,2,4H3. The van der Waals surface area contributed by atoms with Gasteiger partial charge in [-0.25, -0.2) is 0 Å². The number of rotatable bonds is 12. The van der Waals surface area contributed by atoms with E-state index >= 15 is 0 Å². The second-order valence-corrected chi connectivity index (χ2v) is 7.99. The molecule has 0 atom stereocenters. The first-order valence-electron chi connectivity index (χ1n) is 10.7. The molecule has 32 heavy (non-hydrogen) atoms. The van der Waals surface area contributed by atoms with Crippen LogP contribution in [0.25, 0.3) is 0 Å². The molecule has 0 unspecified atom stereocenters. The highest BCUT2D eigenvalue weighted by Gasteiger charge is 2.33. The summed E-state index contributed by atoms with van der Waals surface area (Å²) in [6, 6.07) is 10.6. The van der Waals surface area contributed by atoms with E-state index in [1.807, 2.05) is 26.0 Å². The molecule has 0 saturated carbocycles. The highest BCUT2D eigenvalue weighted by Crippen LogP contribution is 2.36. The predicted octanol–water partition coefficient (Wildman–Crippen LogP) is 4.47. The Labute approximate surface area is 189 Å². The van der Waals surface area contributed by atoms with E-state index in [0.717, 1.165) is 11.1 Å². The van der Waals surface area contributed by atoms with Crippen molar-refractivity contribution in [3.8, 4) is 0 Å². The quantitative estimate of drug-likeness (QED) is 0.324. The summed E-state index contributed by atoms with van der Waals surface area (Å²) in [6.45, 7) is 14.3. The Bertz CT molecular complexity index is 960. The van der Waals surface area contributed by atoms with E-state index in [-0.39, 0.29) is 11.6 Å². The molecule has 2 N–H and O–H groups in total. The van der Waals surface area contributed by atoms with Gasteiger partial charge in [0.25, 0.3) is 0 Å². The van der Waals surface area contributed by atoms with Crippen molar-refractivity contribution in [2.24, 2.45) is 0 Å². The van der Waals surface area contributed by atoms with E-state index in [4.69, 9.17) is 9.47 Å². The van der Waals surface area contributed by atoms with Crippen LogP contribution >= 0.6 is 0 Å². The molecule has 0 radical (unpaired) electrons. The summed E-state index contributed by atoms with van der Waals surface area (Å²) >= 11 is 0. The Morgan fingerprint density at radius 3 is 1.53 bits per heavy atom. The molecule has 2 aromatic carbocycles. The maximum Gasteiger partial charge on any atom is 0.196 e. The lowest BCUT2D eigenvalue weighted by Gasteiger charge is -2.24. The van der Waals surface area contributed by atoms with Gasteiger partial charge in [0.2, 0.25) is 0 Å². The number of ether oxygens (including phenoxy) is 2. The van der Waals surface area contributed by atoms with Crippen LogP contribution < -0.4 is 10.6 Å². The van der Waals surface area contributed by atoms with Crippen LogP contribution in [0.15, 0.2) is 60.7 Å². The highest BCUT2D eigenvalue weighted by atomic mass is 16.5. The number of hydrogen-bond donors (Lipinski definition) is 2. The molecule has 3 rings (SSSR count). The fraction of sp³-hybridized carbons (Fsp3) is 0.308. The third kappa shape index (κ3) is 5.52. The van der Waals surface area contributed by atoms with Crippen molar-refractivity contribution >= 4 is 22.9 Å². The summed E-state index contributed by atoms with van der Waals surface area (Å²) in [5.74, 6) is -0.328. The number of carbonyl (C=O) groups excluding carboxylic acids is 2. The van der Waals surface area contributed by atoms with Gasteiger partial charge in [-0.15, -0.1) is 0 Å². The number of benzene rings is 2. The van der Waals surface area contributed by atoms with Crippen molar-refractivity contribution in [2.45, 2.75) is 13.8 Å². The van der Waals surface area contributed by atoms with Crippen LogP contribution in [-0.4, -0.2) is 51.1 Å². The molecular weight excluding hydrogens is 404 g/mol. The number of nitrogens with one attached hydrogen (secondary N) is 2. The SMILES string of the molecule is C=C(C)COCCNc1ccc(NCCOCC(=C)C)c2c1C(=O)c1ccccc1C2=O. The summed E-state index contributed by atoms with van der Waals surface area (Å²) in [5, 5.41) is 6.51. The lowest BCUT2D eigenvalue weighted by atomic mass is 9.82. The zero-order valence-corrected chi connectivity index (χ0v) is 18.8. The van der Waals surface area contributed by atoms with Crippen molar-refractivity contribution in [1.82, 2.24) is 0 Å². The molecule has 1 aliphatic carbocycles. The average molecular weight is 435 g/mol. The van der Waals surface area contributed by atoms with E-state index in [9.17, 15) is 9.59 Å². The monoisotopic (exact) mass is 434 g/mol. The van der Waals surface area contributed by atoms with Gasteiger partial charge in [-0.05, 0) is 26.0 Å². The molecule has 0 saturated heterocycles. The number of hydrogen-bond acceptors (Lipinski definition) is 6. The van der Waals surface area contributed by atoms with Crippen LogP contribution in [0.2, 0.25) is 0 Å². The van der Waals surface area contributed by atoms with Crippen LogP contribution in [0.4, 0.5) is 11.4 Å². The van der Waals surface area contributed by atoms with Gasteiger partial charge in [0.05, 0.1) is 37.6 Å². The average Bonchev–Trinajstić information content (AvgIpc) is 2.76. The maximum absolute atomic E-state index is 13.4. The van der Waals surface area contributed by atoms with E-state index in [1.165, 1.54) is 0 Å². The van der Waals surface area contributed by atoms with Gasteiger partial charge >= 0.3 is 0 Å². The van der Waals surface area contributed by atoms with Crippen LogP contribution in [0.1, 0.15) is 45.7 Å². The minimum atomic E-state index is -0.164. The number of anilines is 2. The molecule has 0 aromatic heterocycles. The summed E-state index contributed by atoms with van der Waals surface area (Å²) < 4.78 is 11.1. The smallest absolute Gasteiger partial charge is 0.196 e. The molecule has 0 spiro atoms. The summed E-state index contributed by atoms with van der Waals surface area (Å²) in [7, 11) is 0. The molecule has 0 bridgehead atoms. The fourth-order valence-corrected chi connectivity index (χ4v) is 3.53. The van der Waals surface area contributed by atoms with Gasteiger partial charge in [-0.2, -0.15) is 0 Å². The van der Waals surface area contributed by atoms with Crippen molar-refractivity contribution in [1.29, 1.82) is 0 Å². The van der Waals surface area contributed by atoms with E-state index in [0.29, 0.717) is 73.1 Å². The number of ketones is 2. The number of carbonyl (C=O) groups is 2. The number of fused-ring (bicyclic) bond motifs is 2. The second-order valence-electron chi connectivity index (χ2n) is 7.99. The van der Waals surface area contributed by atoms with E-state index in [1.54, 1.807) is 24.3 Å². The third-order valence-electron chi connectivity index (χ3n) is 4.90. The van der Waals surface area contributed by atoms with Gasteiger partial charge in [0.15, 0.2) is 11.6 Å². The fourth-order valence-electron chi connectivity index (χ4n) is 3.53. The first kappa shape index (κ1) is 23.4. The van der Waals surface area contributed by atoms with Crippen molar-refractivity contribution in [3.63, 3.8) is 0 Å². The minimum Gasteiger partial charge on any atom is -0.382 e. The van der Waals surface area contributed by atoms with Crippen molar-refractivity contribution in [2.75, 3.05) is 50.2 Å². The van der Waals surface area contributed by atoms with Gasteiger partial charge in [-0.3, -0.25) is 9.59 Å². The van der Waals surface area contributed by atoms with E-state index < -0.39 is 0 Å². The highest BCUT2D eigenvalue weighted by molar-refractivity contribution is 6.31. The molecule has 0 amide bonds. The molecule has 0 fully saturated rings. The lowest BCUT2D eigenvalue weighted by molar-refractivity contribution is 0.0980. The molecule has 6 heteroatoms. The van der Waals surface area contributed by atoms with Gasteiger partial charge in [0, 0.05) is 35.6 Å². The maximum atomic E-state index is 13.4. The Balaban J connectivity index is 1.84. The van der Waals surface area contributed by atoms with Crippen LogP contribution in [0.5, 0.6) is 0 Å². The van der Waals surface area contributed by atoms with Crippen LogP contribution in [0.3, 0.4) is 0 Å². The molecule has 6 nitrogen and oxygen atoms in total. The Hall–Kier alpha value is -3.22. The normalized spacial score (nSPS) is 12.2. The molecular formula is C26H30N2O4. The van der Waals surface area contributed by atoms with Gasteiger partial charge < -0.3 is 20.1 Å². The lowest BCUT2D eigenvalue weighted by Crippen LogP contribution is -2.25. The zero-order chi connectivity index (χ0) is 23.1. The third-order valence-corrected chi connectivity index (χ3v) is 4.90. The summed E-state index contributed by atoms with van der Waals surface area (Å²) in [5.41, 5.74) is 4.77. The molecule has 168 valence electrons. The Morgan fingerprint density at radius 2 is 1.16 bits per heavy atom. The van der Waals surface area contributed by atoms with Crippen LogP contribution in [0, 0.1) is 0 Å². The largest absolute Gasteiger partial charge is 0.382 e. The van der Waals surface area contributed by atoms with Crippen molar-refractivity contribution in [3.05, 3.63) is 83.0 Å². The minimum absolute atomic E-state index is 0.164. The van der Waals surface area contributed by atoms with Gasteiger partial charge in [0.1, 0.15) is 0 Å². The topological polar surface area (TPSA) is 76.7 Å². The molecule has 1 aliphatic rings. The van der Waals surface area contributed by atoms with E-state index in [2.05, 4.69) is 23.8 Å². The molecule has 0 aliphatic heterocycles. The molecule has 2 aromatic rings. The van der Waals surface area contributed by atoms with Crippen molar-refractivity contribution < 1.29 is 19.1 Å². The predicted molar refractivity (Wildman–Crippen MR) is 128 cm³/mol. The Morgan fingerprint density at radius 1 is 0.750 bits per heavy atom. The Kier molecular flexibility index (Phi) is 7.98. The summed E-state index contributed by atoms with van der Waals surface area (Å²) in [6.07, 6.45) is 0. The first-order valence-corrected chi connectivity index (χ1v) is 10.7. The second kappa shape index (κ2) is 10.9. The van der Waals surface area contributed by atoms with Gasteiger partial charge in [-0.1, -0.05) is 48.6 Å². The molecule has 0 heterocycles. The zero-order valence-electron chi connectivity index (χ0n) is 18.8. The first-order chi connectivity index (χ1) is 15.4. The summed E-state index contributed by atoms with van der Waals surface area (Å²) in [4.78, 5) is 26.7. The van der Waals surface area contributed by atoms with Crippen LogP contribution in [-0.2, 0) is 9.47 Å².